The van der Waals surface area contributed by atoms with Crippen LogP contribution in [0.2, 0.25) is 0 Å². The number of hydrogen-bond acceptors (Lipinski definition) is 10. The van der Waals surface area contributed by atoms with E-state index in [2.05, 4.69) is 10.3 Å². The minimum Gasteiger partial charge on any atom is -0.383 e. The standard InChI is InChI=1S/C25H32N4O7S/c1-15-27-11-20(37-15)22(31)28-18(13-35-4)24(33)29(23(32)17(26)12-34-3)19(21(30)25(2)14-36-25)10-16-8-6-5-7-9-16/h5-9,11,17-19H,10,12-14,26H2,1-4H3,(H,28,31)/t17-,18-,19-,25+/m0/s1. The van der Waals surface area contributed by atoms with Gasteiger partial charge in [-0.25, -0.2) is 4.98 Å². The summed E-state index contributed by atoms with van der Waals surface area (Å²) in [6.07, 6.45) is 1.44. The first-order chi connectivity index (χ1) is 17.6. The molecule has 2 aromatic rings. The van der Waals surface area contributed by atoms with Gasteiger partial charge < -0.3 is 25.3 Å². The molecule has 2 heterocycles. The predicted octanol–water partition coefficient (Wildman–Crippen LogP) is 0.495. The number of nitrogens with one attached hydrogen (secondary N) is 1. The zero-order chi connectivity index (χ0) is 27.2. The molecule has 1 saturated heterocycles. The number of epoxide rings is 1. The molecule has 1 aliphatic heterocycles. The number of carbonyl (C=O) groups excluding carboxylic acids is 4. The molecule has 3 rings (SSSR count). The molecule has 4 atom stereocenters. The molecule has 0 radical (unpaired) electrons. The Balaban J connectivity index is 2.01. The Morgan fingerprint density at radius 1 is 1.16 bits per heavy atom. The van der Waals surface area contributed by atoms with Crippen molar-refractivity contribution in [3.8, 4) is 0 Å². The van der Waals surface area contributed by atoms with E-state index in [0.29, 0.717) is 5.01 Å². The van der Waals surface area contributed by atoms with E-state index in [9.17, 15) is 19.2 Å². The van der Waals surface area contributed by atoms with Crippen molar-refractivity contribution in [1.82, 2.24) is 15.2 Å². The van der Waals surface area contributed by atoms with Crippen LogP contribution in [0.25, 0.3) is 0 Å². The average Bonchev–Trinajstić information content (AvgIpc) is 3.48. The Morgan fingerprint density at radius 3 is 2.35 bits per heavy atom. The summed E-state index contributed by atoms with van der Waals surface area (Å²) in [6, 6.07) is 5.25. The Hall–Kier alpha value is -3.03. The zero-order valence-corrected chi connectivity index (χ0v) is 22.1. The third kappa shape index (κ3) is 7.05. The summed E-state index contributed by atoms with van der Waals surface area (Å²) in [5, 5.41) is 3.29. The normalized spacial score (nSPS) is 18.9. The lowest BCUT2D eigenvalue weighted by Crippen LogP contribution is -2.62. The first-order valence-electron chi connectivity index (χ1n) is 11.7. The molecule has 1 aromatic carbocycles. The molecule has 11 nitrogen and oxygen atoms in total. The van der Waals surface area contributed by atoms with E-state index in [1.165, 1.54) is 20.4 Å². The summed E-state index contributed by atoms with van der Waals surface area (Å²) in [5.74, 6) is -2.64. The average molecular weight is 533 g/mol. The summed E-state index contributed by atoms with van der Waals surface area (Å²) < 4.78 is 15.6. The number of ketones is 1. The number of nitrogens with two attached hydrogens (primary N) is 1. The molecule has 1 aliphatic rings. The fraction of sp³-hybridized carbons (Fsp3) is 0.480. The number of Topliss-reactive ketones (excluding diaryl/α,β-unsaturated/α-hetero) is 1. The number of nitrogens with zero attached hydrogens (tertiary/aromatic N) is 2. The summed E-state index contributed by atoms with van der Waals surface area (Å²) in [7, 11) is 2.73. The van der Waals surface area contributed by atoms with Gasteiger partial charge in [-0.15, -0.1) is 11.3 Å². The maximum Gasteiger partial charge on any atom is 0.263 e. The minimum atomic E-state index is -1.28. The van der Waals surface area contributed by atoms with Gasteiger partial charge in [0.05, 0.1) is 31.0 Å². The number of rotatable bonds is 13. The van der Waals surface area contributed by atoms with Gasteiger partial charge in [0.1, 0.15) is 28.6 Å². The van der Waals surface area contributed by atoms with E-state index in [1.54, 1.807) is 38.1 Å². The zero-order valence-electron chi connectivity index (χ0n) is 21.3. The monoisotopic (exact) mass is 532 g/mol. The molecule has 200 valence electrons. The predicted molar refractivity (Wildman–Crippen MR) is 135 cm³/mol. The number of benzene rings is 1. The van der Waals surface area contributed by atoms with Gasteiger partial charge in [-0.05, 0) is 19.4 Å². The van der Waals surface area contributed by atoms with Crippen LogP contribution in [-0.2, 0) is 35.0 Å². The van der Waals surface area contributed by atoms with Crippen LogP contribution in [0.15, 0.2) is 36.5 Å². The molecule has 12 heteroatoms. The molecule has 0 unspecified atom stereocenters. The lowest BCUT2D eigenvalue weighted by molar-refractivity contribution is -0.155. The van der Waals surface area contributed by atoms with Gasteiger partial charge in [0.2, 0.25) is 5.91 Å². The van der Waals surface area contributed by atoms with Gasteiger partial charge in [0, 0.05) is 20.6 Å². The number of ether oxygens (including phenoxy) is 3. The maximum atomic E-state index is 13.9. The van der Waals surface area contributed by atoms with Crippen molar-refractivity contribution in [3.63, 3.8) is 0 Å². The molecule has 37 heavy (non-hydrogen) atoms. The molecule has 0 bridgehead atoms. The molecule has 3 N–H and O–H groups in total. The van der Waals surface area contributed by atoms with E-state index < -0.39 is 47.2 Å². The van der Waals surface area contributed by atoms with Crippen molar-refractivity contribution in [2.45, 2.75) is 44.0 Å². The third-order valence-electron chi connectivity index (χ3n) is 5.90. The van der Waals surface area contributed by atoms with Gasteiger partial charge in [0.25, 0.3) is 11.8 Å². The van der Waals surface area contributed by atoms with Crippen molar-refractivity contribution in [1.29, 1.82) is 0 Å². The first kappa shape index (κ1) is 28.5. The van der Waals surface area contributed by atoms with Crippen LogP contribution < -0.4 is 11.1 Å². The molecule has 0 spiro atoms. The van der Waals surface area contributed by atoms with Crippen molar-refractivity contribution < 1.29 is 33.4 Å². The van der Waals surface area contributed by atoms with Gasteiger partial charge in [0.15, 0.2) is 5.78 Å². The molecular formula is C25H32N4O7S. The first-order valence-corrected chi connectivity index (χ1v) is 12.5. The number of aromatic nitrogens is 1. The molecule has 0 saturated carbocycles. The molecule has 0 aliphatic carbocycles. The van der Waals surface area contributed by atoms with Crippen LogP contribution in [0, 0.1) is 6.92 Å². The number of imide groups is 1. The number of thiazole rings is 1. The third-order valence-corrected chi connectivity index (χ3v) is 6.82. The van der Waals surface area contributed by atoms with Crippen LogP contribution >= 0.6 is 11.3 Å². The van der Waals surface area contributed by atoms with E-state index in [-0.39, 0.29) is 31.1 Å². The van der Waals surface area contributed by atoms with Crippen molar-refractivity contribution >= 4 is 34.8 Å². The largest absolute Gasteiger partial charge is 0.383 e. The SMILES string of the molecule is COC[C@H](NC(=O)c1cnc(C)s1)C(=O)N(C(=O)[C@@H](N)COC)[C@@H](Cc1ccccc1)C(=O)[C@@]1(C)CO1. The molecule has 1 fully saturated rings. The van der Waals surface area contributed by atoms with Crippen LogP contribution in [0.3, 0.4) is 0 Å². The van der Waals surface area contributed by atoms with Gasteiger partial charge in [-0.1, -0.05) is 30.3 Å². The van der Waals surface area contributed by atoms with Crippen molar-refractivity contribution in [3.05, 3.63) is 52.0 Å². The lowest BCUT2D eigenvalue weighted by atomic mass is 9.92. The Bertz CT molecular complexity index is 1120. The van der Waals surface area contributed by atoms with Crippen LogP contribution in [-0.4, -0.2) is 91.2 Å². The Kier molecular flexibility index (Phi) is 9.62. The maximum absolute atomic E-state index is 13.9. The number of hydrogen-bond donors (Lipinski definition) is 2. The number of aryl methyl sites for hydroxylation is 1. The number of methoxy groups -OCH3 is 2. The number of amides is 3. The molecular weight excluding hydrogens is 500 g/mol. The van der Waals surface area contributed by atoms with Gasteiger partial charge >= 0.3 is 0 Å². The van der Waals surface area contributed by atoms with Gasteiger partial charge in [-0.2, -0.15) is 0 Å². The topological polar surface area (TPSA) is 153 Å². The van der Waals surface area contributed by atoms with Crippen LogP contribution in [0.1, 0.15) is 27.2 Å². The van der Waals surface area contributed by atoms with E-state index in [0.717, 1.165) is 21.8 Å². The van der Waals surface area contributed by atoms with Crippen molar-refractivity contribution in [2.24, 2.45) is 5.73 Å². The highest BCUT2D eigenvalue weighted by molar-refractivity contribution is 7.13. The van der Waals surface area contributed by atoms with E-state index >= 15 is 0 Å². The molecule has 3 amide bonds. The highest BCUT2D eigenvalue weighted by atomic mass is 32.1. The lowest BCUT2D eigenvalue weighted by Gasteiger charge is -2.34. The smallest absolute Gasteiger partial charge is 0.263 e. The molecule has 1 aromatic heterocycles. The minimum absolute atomic E-state index is 0.0392. The highest BCUT2D eigenvalue weighted by Gasteiger charge is 2.53. The van der Waals surface area contributed by atoms with E-state index in [1.807, 2.05) is 6.07 Å². The fourth-order valence-electron chi connectivity index (χ4n) is 3.79. The summed E-state index contributed by atoms with van der Waals surface area (Å²) in [4.78, 5) is 59.2. The fourth-order valence-corrected chi connectivity index (χ4v) is 4.47. The summed E-state index contributed by atoms with van der Waals surface area (Å²) in [6.45, 7) is 3.10. The van der Waals surface area contributed by atoms with Gasteiger partial charge in [-0.3, -0.25) is 24.1 Å². The second-order valence-corrected chi connectivity index (χ2v) is 10.2. The number of carbonyl (C=O) groups is 4. The quantitative estimate of drug-likeness (QED) is 0.351. The van der Waals surface area contributed by atoms with Crippen LogP contribution in [0.4, 0.5) is 0 Å². The van der Waals surface area contributed by atoms with Crippen LogP contribution in [0.5, 0.6) is 0 Å². The summed E-state index contributed by atoms with van der Waals surface area (Å²) >= 11 is 1.16. The van der Waals surface area contributed by atoms with E-state index in [4.69, 9.17) is 19.9 Å². The highest BCUT2D eigenvalue weighted by Crippen LogP contribution is 2.31. The second-order valence-electron chi connectivity index (χ2n) is 8.92. The summed E-state index contributed by atoms with van der Waals surface area (Å²) in [5.41, 5.74) is 5.65. The Labute approximate surface area is 219 Å². The van der Waals surface area contributed by atoms with Crippen molar-refractivity contribution in [2.75, 3.05) is 34.0 Å². The Morgan fingerprint density at radius 2 is 1.81 bits per heavy atom. The second kappa shape index (κ2) is 12.5.